The lowest BCUT2D eigenvalue weighted by atomic mass is 10.0. The van der Waals surface area contributed by atoms with E-state index in [2.05, 4.69) is 24.1 Å². The van der Waals surface area contributed by atoms with Crippen molar-refractivity contribution in [3.8, 4) is 0 Å². The Morgan fingerprint density at radius 1 is 1.44 bits per heavy atom. The third-order valence-electron chi connectivity index (χ3n) is 3.52. The monoisotopic (exact) mass is 228 g/mol. The van der Waals surface area contributed by atoms with Crippen LogP contribution in [0.2, 0.25) is 0 Å². The van der Waals surface area contributed by atoms with Gasteiger partial charge in [-0.25, -0.2) is 0 Å². The van der Waals surface area contributed by atoms with Gasteiger partial charge in [-0.2, -0.15) is 0 Å². The molecule has 0 aromatic heterocycles. The van der Waals surface area contributed by atoms with Crippen molar-refractivity contribution in [3.05, 3.63) is 0 Å². The van der Waals surface area contributed by atoms with Gasteiger partial charge >= 0.3 is 0 Å². The molecule has 1 N–H and O–H groups in total. The molecule has 16 heavy (non-hydrogen) atoms. The smallest absolute Gasteiger partial charge is 0.0630 e. The number of ether oxygens (including phenoxy) is 1. The molecule has 96 valence electrons. The molecule has 1 aliphatic rings. The quantitative estimate of drug-likeness (QED) is 0.685. The second-order valence-electron chi connectivity index (χ2n) is 4.86. The van der Waals surface area contributed by atoms with E-state index < -0.39 is 0 Å². The van der Waals surface area contributed by atoms with Crippen LogP contribution in [0.1, 0.15) is 33.1 Å². The fourth-order valence-electron chi connectivity index (χ4n) is 2.63. The molecule has 1 heterocycles. The van der Waals surface area contributed by atoms with Crippen LogP contribution in [0.5, 0.6) is 0 Å². The van der Waals surface area contributed by atoms with Gasteiger partial charge in [-0.05, 0) is 31.8 Å². The molecular formula is C13H28N2O. The van der Waals surface area contributed by atoms with E-state index in [0.717, 1.165) is 25.6 Å². The lowest BCUT2D eigenvalue weighted by molar-refractivity contribution is 0.102. The molecule has 3 nitrogen and oxygen atoms in total. The number of rotatable bonds is 8. The highest BCUT2D eigenvalue weighted by atomic mass is 16.5. The zero-order valence-corrected chi connectivity index (χ0v) is 11.2. The summed E-state index contributed by atoms with van der Waals surface area (Å²) in [4.78, 5) is 2.60. The van der Waals surface area contributed by atoms with Crippen LogP contribution < -0.4 is 5.32 Å². The van der Waals surface area contributed by atoms with Crippen LogP contribution in [0.15, 0.2) is 0 Å². The van der Waals surface area contributed by atoms with Gasteiger partial charge in [0.2, 0.25) is 0 Å². The number of likely N-dealkylation sites (N-methyl/N-ethyl adjacent to an activating group) is 1. The van der Waals surface area contributed by atoms with Gasteiger partial charge in [-0.3, -0.25) is 4.90 Å². The molecule has 1 rings (SSSR count). The normalized spacial score (nSPS) is 23.8. The minimum atomic E-state index is 0.562. The van der Waals surface area contributed by atoms with Crippen molar-refractivity contribution in [2.45, 2.75) is 39.2 Å². The minimum Gasteiger partial charge on any atom is -0.383 e. The molecule has 0 radical (unpaired) electrons. The van der Waals surface area contributed by atoms with Crippen LogP contribution >= 0.6 is 0 Å². The van der Waals surface area contributed by atoms with Crippen LogP contribution in [0.25, 0.3) is 0 Å². The van der Waals surface area contributed by atoms with Crippen LogP contribution in [-0.4, -0.2) is 50.8 Å². The summed E-state index contributed by atoms with van der Waals surface area (Å²) >= 11 is 0. The molecule has 0 aromatic rings. The standard InChI is InChI=1S/C13H28N2O/c1-4-6-12-7-8-15(10-12)13(11-16-3)9-14-5-2/h12-14H,4-11H2,1-3H3. The number of nitrogens with one attached hydrogen (secondary N) is 1. The van der Waals surface area contributed by atoms with Crippen molar-refractivity contribution >= 4 is 0 Å². The van der Waals surface area contributed by atoms with Crippen molar-refractivity contribution in [1.29, 1.82) is 0 Å². The average Bonchev–Trinajstić information content (AvgIpc) is 2.73. The van der Waals surface area contributed by atoms with Crippen LogP contribution in [-0.2, 0) is 4.74 Å². The maximum atomic E-state index is 5.33. The Balaban J connectivity index is 2.33. The van der Waals surface area contributed by atoms with E-state index >= 15 is 0 Å². The molecule has 2 unspecified atom stereocenters. The summed E-state index contributed by atoms with van der Waals surface area (Å²) in [5.41, 5.74) is 0. The Morgan fingerprint density at radius 3 is 2.88 bits per heavy atom. The van der Waals surface area contributed by atoms with Gasteiger partial charge in [0, 0.05) is 26.2 Å². The predicted octanol–water partition coefficient (Wildman–Crippen LogP) is 1.73. The summed E-state index contributed by atoms with van der Waals surface area (Å²) in [6.45, 7) is 9.93. The summed E-state index contributed by atoms with van der Waals surface area (Å²) in [7, 11) is 1.80. The van der Waals surface area contributed by atoms with Crippen molar-refractivity contribution < 1.29 is 4.74 Å². The predicted molar refractivity (Wildman–Crippen MR) is 68.8 cm³/mol. The van der Waals surface area contributed by atoms with Gasteiger partial charge in [-0.1, -0.05) is 20.3 Å². The second-order valence-corrected chi connectivity index (χ2v) is 4.86. The molecule has 0 saturated carbocycles. The van der Waals surface area contributed by atoms with Gasteiger partial charge in [0.1, 0.15) is 0 Å². The van der Waals surface area contributed by atoms with Crippen LogP contribution in [0, 0.1) is 5.92 Å². The first-order valence-corrected chi connectivity index (χ1v) is 6.75. The number of nitrogens with zero attached hydrogens (tertiary/aromatic N) is 1. The topological polar surface area (TPSA) is 24.5 Å². The first-order chi connectivity index (χ1) is 7.81. The SMILES string of the molecule is CCCC1CCN(C(CNCC)COC)C1. The molecule has 3 heteroatoms. The van der Waals surface area contributed by atoms with E-state index in [0.29, 0.717) is 6.04 Å². The Kier molecular flexibility index (Phi) is 7.01. The zero-order valence-electron chi connectivity index (χ0n) is 11.2. The number of likely N-dealkylation sites (tertiary alicyclic amines) is 1. The van der Waals surface area contributed by atoms with Gasteiger partial charge < -0.3 is 10.1 Å². The summed E-state index contributed by atoms with van der Waals surface area (Å²) < 4.78 is 5.33. The molecule has 1 fully saturated rings. The van der Waals surface area contributed by atoms with Crippen LogP contribution in [0.3, 0.4) is 0 Å². The summed E-state index contributed by atoms with van der Waals surface area (Å²) in [5.74, 6) is 0.922. The van der Waals surface area contributed by atoms with Crippen molar-refractivity contribution in [2.75, 3.05) is 39.9 Å². The van der Waals surface area contributed by atoms with E-state index in [9.17, 15) is 0 Å². The Labute approximate surface area is 101 Å². The third kappa shape index (κ3) is 4.40. The molecule has 0 spiro atoms. The highest BCUT2D eigenvalue weighted by Gasteiger charge is 2.27. The largest absolute Gasteiger partial charge is 0.383 e. The molecule has 2 atom stereocenters. The van der Waals surface area contributed by atoms with E-state index in [4.69, 9.17) is 4.74 Å². The summed E-state index contributed by atoms with van der Waals surface area (Å²) in [6, 6.07) is 0.562. The molecular weight excluding hydrogens is 200 g/mol. The fraction of sp³-hybridized carbons (Fsp3) is 1.00. The van der Waals surface area contributed by atoms with Crippen molar-refractivity contribution in [2.24, 2.45) is 5.92 Å². The minimum absolute atomic E-state index is 0.562. The zero-order chi connectivity index (χ0) is 11.8. The molecule has 0 amide bonds. The first kappa shape index (κ1) is 13.9. The fourth-order valence-corrected chi connectivity index (χ4v) is 2.63. The molecule has 0 aliphatic carbocycles. The van der Waals surface area contributed by atoms with E-state index in [1.165, 1.54) is 32.4 Å². The Morgan fingerprint density at radius 2 is 2.25 bits per heavy atom. The lowest BCUT2D eigenvalue weighted by Gasteiger charge is -2.27. The summed E-state index contributed by atoms with van der Waals surface area (Å²) in [6.07, 6.45) is 4.08. The highest BCUT2D eigenvalue weighted by molar-refractivity contribution is 4.82. The van der Waals surface area contributed by atoms with E-state index in [1.54, 1.807) is 7.11 Å². The maximum absolute atomic E-state index is 5.33. The Hall–Kier alpha value is -0.120. The number of hydrogen-bond donors (Lipinski definition) is 1. The van der Waals surface area contributed by atoms with Gasteiger partial charge in [0.25, 0.3) is 0 Å². The molecule has 1 saturated heterocycles. The Bertz CT molecular complexity index is 175. The van der Waals surface area contributed by atoms with Crippen molar-refractivity contribution in [1.82, 2.24) is 10.2 Å². The molecule has 0 bridgehead atoms. The summed E-state index contributed by atoms with van der Waals surface area (Å²) in [5, 5.41) is 3.44. The van der Waals surface area contributed by atoms with E-state index in [-0.39, 0.29) is 0 Å². The molecule has 0 aromatic carbocycles. The van der Waals surface area contributed by atoms with Gasteiger partial charge in [0.15, 0.2) is 0 Å². The van der Waals surface area contributed by atoms with Crippen molar-refractivity contribution in [3.63, 3.8) is 0 Å². The molecule has 1 aliphatic heterocycles. The highest BCUT2D eigenvalue weighted by Crippen LogP contribution is 2.22. The lowest BCUT2D eigenvalue weighted by Crippen LogP contribution is -2.44. The van der Waals surface area contributed by atoms with Gasteiger partial charge in [0.05, 0.1) is 6.61 Å². The average molecular weight is 228 g/mol. The first-order valence-electron chi connectivity index (χ1n) is 6.75. The van der Waals surface area contributed by atoms with E-state index in [1.807, 2.05) is 0 Å². The second kappa shape index (κ2) is 8.04. The number of hydrogen-bond acceptors (Lipinski definition) is 3. The number of methoxy groups -OCH3 is 1. The maximum Gasteiger partial charge on any atom is 0.0630 e. The van der Waals surface area contributed by atoms with Crippen LogP contribution in [0.4, 0.5) is 0 Å². The third-order valence-corrected chi connectivity index (χ3v) is 3.52. The van der Waals surface area contributed by atoms with Gasteiger partial charge in [-0.15, -0.1) is 0 Å².